The summed E-state index contributed by atoms with van der Waals surface area (Å²) in [5.41, 5.74) is 21.4. The predicted molar refractivity (Wildman–Crippen MR) is 341 cm³/mol. The molecule has 0 aromatic heterocycles. The normalized spacial score (nSPS) is 15.6. The van der Waals surface area contributed by atoms with Crippen molar-refractivity contribution in [3.8, 4) is 23.0 Å². The minimum Gasteiger partial charge on any atom is -0.504 e. The van der Waals surface area contributed by atoms with Gasteiger partial charge in [0.1, 0.15) is 0 Å². The van der Waals surface area contributed by atoms with Gasteiger partial charge in [-0.3, -0.25) is 0 Å². The highest BCUT2D eigenvalue weighted by atomic mass is 79.9. The molecule has 0 amide bonds. The first-order valence-electron chi connectivity index (χ1n) is 27.9. The highest BCUT2D eigenvalue weighted by Gasteiger charge is 2.31. The summed E-state index contributed by atoms with van der Waals surface area (Å²) in [6.07, 6.45) is 25.5. The molecule has 15 heteroatoms. The molecule has 0 heterocycles. The molecule has 0 fully saturated rings. The SMILES string of the molecule is CB(O)C1=CCc2ccc3c4c(ccc1c24)CC=C3B(O)O.CB(O)C1=Cc2ccc3c4c(ccc(c24)C1)C=C(B(O)O)C3.CC1=Cc2ccc3c4c(ccc(c24)C1)C=C(Br)C3.Oc1c(O)c2c3c(c(O)c(O)c4c3c1C=CC4)C=CC2. The van der Waals surface area contributed by atoms with Crippen molar-refractivity contribution in [3.63, 3.8) is 0 Å². The third kappa shape index (κ3) is 8.84. The Morgan fingerprint density at radius 2 is 0.817 bits per heavy atom. The van der Waals surface area contributed by atoms with Crippen LogP contribution in [-0.4, -0.2) is 78.6 Å². The van der Waals surface area contributed by atoms with Crippen LogP contribution in [0.25, 0.3) is 90.5 Å². The molecule has 82 heavy (non-hydrogen) atoms. The van der Waals surface area contributed by atoms with Crippen LogP contribution in [0, 0.1) is 0 Å². The van der Waals surface area contributed by atoms with Gasteiger partial charge in [-0.1, -0.05) is 168 Å². The summed E-state index contributed by atoms with van der Waals surface area (Å²) in [5, 5.41) is 108. The second-order valence-corrected chi connectivity index (χ2v) is 23.8. The molecular formula is C67H57B4BrO10. The Hall–Kier alpha value is -7.58. The number of rotatable bonds is 4. The van der Waals surface area contributed by atoms with Gasteiger partial charge in [0, 0.05) is 43.9 Å². The molecule has 8 aliphatic rings. The van der Waals surface area contributed by atoms with Gasteiger partial charge >= 0.3 is 28.1 Å². The quantitative estimate of drug-likeness (QED) is 0.0597. The number of hydrogen-bond acceptors (Lipinski definition) is 10. The summed E-state index contributed by atoms with van der Waals surface area (Å²) in [7, 11) is -2.86. The van der Waals surface area contributed by atoms with E-state index < -0.39 is 28.1 Å². The first-order valence-corrected chi connectivity index (χ1v) is 28.7. The maximum Gasteiger partial charge on any atom is 0.488 e. The van der Waals surface area contributed by atoms with Crippen molar-refractivity contribution in [1.29, 1.82) is 0 Å². The molecule has 0 unspecified atom stereocenters. The number of hydrogen-bond donors (Lipinski definition) is 10. The molecule has 0 spiro atoms. The van der Waals surface area contributed by atoms with Crippen molar-refractivity contribution in [3.05, 3.63) is 207 Å². The van der Waals surface area contributed by atoms with Crippen molar-refractivity contribution in [1.82, 2.24) is 0 Å². The molecule has 8 aromatic carbocycles. The fraction of sp³-hybridized carbons (Fsp3) is 0.164. The van der Waals surface area contributed by atoms with E-state index in [4.69, 9.17) is 0 Å². The van der Waals surface area contributed by atoms with Crippen LogP contribution in [0.2, 0.25) is 13.6 Å². The lowest BCUT2D eigenvalue weighted by Gasteiger charge is -2.25. The van der Waals surface area contributed by atoms with Crippen molar-refractivity contribution < 1.29 is 50.6 Å². The van der Waals surface area contributed by atoms with E-state index in [0.29, 0.717) is 69.7 Å². The van der Waals surface area contributed by atoms with Crippen LogP contribution in [0.3, 0.4) is 0 Å². The average Bonchev–Trinajstić information content (AvgIpc) is 2.77. The molecule has 0 saturated heterocycles. The summed E-state index contributed by atoms with van der Waals surface area (Å²) < 4.78 is 1.28. The van der Waals surface area contributed by atoms with Crippen molar-refractivity contribution in [2.24, 2.45) is 0 Å². The number of allylic oxidation sites excluding steroid dienone is 8. The maximum absolute atomic E-state index is 10.2. The fourth-order valence-electron chi connectivity index (χ4n) is 13.8. The smallest absolute Gasteiger partial charge is 0.488 e. The van der Waals surface area contributed by atoms with Crippen LogP contribution in [0.15, 0.2) is 118 Å². The highest BCUT2D eigenvalue weighted by Crippen LogP contribution is 2.53. The summed E-state index contributed by atoms with van der Waals surface area (Å²) >= 11 is 3.65. The molecule has 8 aliphatic carbocycles. The molecule has 8 aromatic rings. The van der Waals surface area contributed by atoms with Gasteiger partial charge in [0.2, 0.25) is 0 Å². The number of phenols is 4. The Kier molecular flexibility index (Phi) is 13.6. The number of benzene rings is 8. The van der Waals surface area contributed by atoms with Gasteiger partial charge in [0.05, 0.1) is 0 Å². The molecule has 10 nitrogen and oxygen atoms in total. The Morgan fingerprint density at radius 1 is 0.390 bits per heavy atom. The van der Waals surface area contributed by atoms with Crippen molar-refractivity contribution >= 4 is 134 Å². The number of phenolic OH excluding ortho intramolecular Hbond substituents is 4. The van der Waals surface area contributed by atoms with E-state index in [2.05, 4.69) is 108 Å². The Balaban J connectivity index is 0.000000103. The first kappa shape index (κ1) is 53.7. The van der Waals surface area contributed by atoms with E-state index in [1.54, 1.807) is 38.0 Å². The monoisotopic (exact) mass is 1140 g/mol. The minimum absolute atomic E-state index is 0.152. The maximum atomic E-state index is 10.2. The number of halogens is 1. The van der Waals surface area contributed by atoms with E-state index >= 15 is 0 Å². The van der Waals surface area contributed by atoms with E-state index in [9.17, 15) is 50.6 Å². The van der Waals surface area contributed by atoms with Crippen LogP contribution in [0.1, 0.15) is 95.9 Å². The third-order valence-corrected chi connectivity index (χ3v) is 18.1. The number of aromatic hydroxyl groups is 4. The summed E-state index contributed by atoms with van der Waals surface area (Å²) in [5.74, 6) is -0.645. The molecule has 10 N–H and O–H groups in total. The minimum atomic E-state index is -1.46. The summed E-state index contributed by atoms with van der Waals surface area (Å²) in [4.78, 5) is 0. The zero-order valence-electron chi connectivity index (χ0n) is 45.5. The van der Waals surface area contributed by atoms with Gasteiger partial charge in [-0.25, -0.2) is 0 Å². The van der Waals surface area contributed by atoms with E-state index in [1.807, 2.05) is 24.3 Å². The van der Waals surface area contributed by atoms with Crippen molar-refractivity contribution in [2.45, 2.75) is 71.9 Å². The van der Waals surface area contributed by atoms with Crippen LogP contribution in [0.4, 0.5) is 0 Å². The Morgan fingerprint density at radius 3 is 1.30 bits per heavy atom. The standard InChI is InChI=1S/2C17H16B2O3.C17H13Br.C16H12O4/c1-18(20)14-8-4-10-3-7-13-15(19(21)22)9-5-11-2-6-12(14)16(10)17(11)13;1-18(20)14-6-10-2-4-12-8-15(19(21)22)9-13-5-3-11(7-14)16(10)17(12)13;1-10-6-11-2-4-13-8-15(18)9-14-5-3-12(7-10)16(11)17(13)14;17-13-7-3-1-4-8-11(7)12-9(15(13)19)5-2-6-10(12)16(20)14(8)18/h2-3,6-9,20-22H,4-5H2,1H3;2-6,9,20-22H,7-8H2,1H3;2-6,9H,7-8H2,1H3;1-3,6,17-20H,4-5H2. The zero-order chi connectivity index (χ0) is 57.2. The topological polar surface area (TPSA) is 202 Å². The Labute approximate surface area is 484 Å². The van der Waals surface area contributed by atoms with Gasteiger partial charge < -0.3 is 50.6 Å². The lowest BCUT2D eigenvalue weighted by molar-refractivity contribution is 0.397. The van der Waals surface area contributed by atoms with Crippen LogP contribution in [0.5, 0.6) is 23.0 Å². The molecule has 0 aliphatic heterocycles. The Bertz CT molecular complexity index is 4150. The van der Waals surface area contributed by atoms with Crippen LogP contribution >= 0.6 is 15.9 Å². The molecule has 0 atom stereocenters. The second-order valence-electron chi connectivity index (χ2n) is 22.7. The molecule has 16 rings (SSSR count). The lowest BCUT2D eigenvalue weighted by Crippen LogP contribution is -2.20. The zero-order valence-corrected chi connectivity index (χ0v) is 47.1. The average molecular weight is 1150 g/mol. The van der Waals surface area contributed by atoms with Gasteiger partial charge in [0.25, 0.3) is 0 Å². The van der Waals surface area contributed by atoms with Crippen LogP contribution in [-0.2, 0) is 51.4 Å². The van der Waals surface area contributed by atoms with Gasteiger partial charge in [0.15, 0.2) is 23.0 Å². The molecule has 0 radical (unpaired) electrons. The van der Waals surface area contributed by atoms with Crippen LogP contribution < -0.4 is 0 Å². The van der Waals surface area contributed by atoms with Gasteiger partial charge in [-0.05, 0) is 173 Å². The van der Waals surface area contributed by atoms with E-state index in [1.165, 1.54) is 70.5 Å². The third-order valence-electron chi connectivity index (χ3n) is 17.6. The molecule has 0 saturated carbocycles. The van der Waals surface area contributed by atoms with E-state index in [-0.39, 0.29) is 23.0 Å². The molecule has 0 bridgehead atoms. The van der Waals surface area contributed by atoms with Gasteiger partial charge in [-0.15, -0.1) is 0 Å². The second kappa shape index (κ2) is 20.7. The van der Waals surface area contributed by atoms with E-state index in [0.717, 1.165) is 75.2 Å². The van der Waals surface area contributed by atoms with Gasteiger partial charge in [-0.2, -0.15) is 0 Å². The predicted octanol–water partition coefficient (Wildman–Crippen LogP) is 11.7. The van der Waals surface area contributed by atoms with Crippen molar-refractivity contribution in [2.75, 3.05) is 0 Å². The first-order chi connectivity index (χ1) is 39.4. The summed E-state index contributed by atoms with van der Waals surface area (Å²) in [6.45, 7) is 4.87. The highest BCUT2D eigenvalue weighted by molar-refractivity contribution is 9.11. The largest absolute Gasteiger partial charge is 0.504 e. The molecular weight excluding hydrogens is 1090 g/mol. The summed E-state index contributed by atoms with van der Waals surface area (Å²) in [6, 6.07) is 25.6. The lowest BCUT2D eigenvalue weighted by atomic mass is 9.58. The fourth-order valence-corrected chi connectivity index (χ4v) is 14.4. The molecule has 404 valence electrons.